The number of rotatable bonds is 4. The molecule has 0 unspecified atom stereocenters. The summed E-state index contributed by atoms with van der Waals surface area (Å²) in [5.74, 6) is 2.20. The number of amides is 1. The molecule has 2 aromatic rings. The summed E-state index contributed by atoms with van der Waals surface area (Å²) in [6.45, 7) is 5.26. The van der Waals surface area contributed by atoms with E-state index in [-0.39, 0.29) is 5.91 Å². The van der Waals surface area contributed by atoms with Gasteiger partial charge in [0.2, 0.25) is 0 Å². The van der Waals surface area contributed by atoms with Crippen LogP contribution in [0.3, 0.4) is 0 Å². The normalized spacial score (nSPS) is 15.7. The van der Waals surface area contributed by atoms with E-state index in [9.17, 15) is 4.79 Å². The van der Waals surface area contributed by atoms with E-state index in [4.69, 9.17) is 0 Å². The van der Waals surface area contributed by atoms with Gasteiger partial charge in [-0.3, -0.25) is 9.69 Å². The maximum Gasteiger partial charge on any atom is 0.277 e. The van der Waals surface area contributed by atoms with Crippen molar-refractivity contribution in [1.82, 2.24) is 13.6 Å². The Morgan fingerprint density at radius 3 is 2.91 bits per heavy atom. The van der Waals surface area contributed by atoms with Crippen LogP contribution in [0.2, 0.25) is 0 Å². The van der Waals surface area contributed by atoms with E-state index >= 15 is 0 Å². The molecule has 22 heavy (non-hydrogen) atoms. The number of aromatic nitrogens is 2. The first-order valence-corrected chi connectivity index (χ1v) is 9.10. The fourth-order valence-corrected chi connectivity index (χ4v) is 3.83. The molecule has 1 amide bonds. The molecule has 1 aliphatic rings. The van der Waals surface area contributed by atoms with E-state index in [0.29, 0.717) is 5.69 Å². The number of hydrogen-bond donors (Lipinski definition) is 1. The molecule has 1 saturated heterocycles. The van der Waals surface area contributed by atoms with Gasteiger partial charge in [-0.05, 0) is 24.1 Å². The Kier molecular flexibility index (Phi) is 5.07. The maximum absolute atomic E-state index is 12.1. The van der Waals surface area contributed by atoms with Crippen molar-refractivity contribution in [3.63, 3.8) is 0 Å². The van der Waals surface area contributed by atoms with Crippen molar-refractivity contribution in [3.8, 4) is 0 Å². The van der Waals surface area contributed by atoms with Gasteiger partial charge in [-0.2, -0.15) is 20.5 Å². The highest BCUT2D eigenvalue weighted by Crippen LogP contribution is 2.22. The van der Waals surface area contributed by atoms with Crippen LogP contribution >= 0.6 is 23.5 Å². The van der Waals surface area contributed by atoms with Crippen molar-refractivity contribution in [2.75, 3.05) is 29.9 Å². The van der Waals surface area contributed by atoms with Crippen LogP contribution in [0.4, 0.5) is 5.69 Å². The lowest BCUT2D eigenvalue weighted by Crippen LogP contribution is -2.32. The van der Waals surface area contributed by atoms with E-state index in [1.165, 1.54) is 23.3 Å². The van der Waals surface area contributed by atoms with E-state index in [2.05, 4.69) is 32.0 Å². The molecule has 0 radical (unpaired) electrons. The molecule has 1 N–H and O–H groups in total. The van der Waals surface area contributed by atoms with Gasteiger partial charge < -0.3 is 5.32 Å². The first-order valence-electron chi connectivity index (χ1n) is 7.21. The molecule has 0 aliphatic carbocycles. The van der Waals surface area contributed by atoms with Gasteiger partial charge in [0.25, 0.3) is 5.91 Å². The van der Waals surface area contributed by atoms with Crippen LogP contribution in [0.15, 0.2) is 24.4 Å². The molecule has 1 aromatic carbocycles. The van der Waals surface area contributed by atoms with Crippen LogP contribution in [-0.4, -0.2) is 44.1 Å². The van der Waals surface area contributed by atoms with Crippen molar-refractivity contribution in [2.24, 2.45) is 0 Å². The molecule has 3 rings (SSSR count). The second-order valence-corrected chi connectivity index (χ2v) is 7.01. The second-order valence-electron chi connectivity index (χ2n) is 5.23. The lowest BCUT2D eigenvalue weighted by atomic mass is 10.1. The zero-order chi connectivity index (χ0) is 15.4. The predicted octanol–water partition coefficient (Wildman–Crippen LogP) is 2.65. The lowest BCUT2D eigenvalue weighted by molar-refractivity contribution is 0.102. The number of hydrogen-bond acceptors (Lipinski definition) is 6. The molecule has 1 fully saturated rings. The van der Waals surface area contributed by atoms with Crippen molar-refractivity contribution in [2.45, 2.75) is 13.5 Å². The molecule has 5 nitrogen and oxygen atoms in total. The molecule has 1 aromatic heterocycles. The van der Waals surface area contributed by atoms with Crippen LogP contribution in [0, 0.1) is 6.92 Å². The largest absolute Gasteiger partial charge is 0.320 e. The standard InChI is InChI=1S/C15H18N4OS2/c1-11-12(10-19-5-7-21-8-6-19)3-2-4-13(11)17-15(20)14-9-16-22-18-14/h2-4,9H,5-8,10H2,1H3,(H,17,20). The van der Waals surface area contributed by atoms with Crippen LogP contribution in [0.1, 0.15) is 21.6 Å². The van der Waals surface area contributed by atoms with Gasteiger partial charge in [-0.15, -0.1) is 0 Å². The average Bonchev–Trinajstić information content (AvgIpc) is 3.07. The van der Waals surface area contributed by atoms with Crippen molar-refractivity contribution in [3.05, 3.63) is 41.2 Å². The Labute approximate surface area is 138 Å². The number of thioether (sulfide) groups is 1. The molecular weight excluding hydrogens is 316 g/mol. The Morgan fingerprint density at radius 2 is 2.18 bits per heavy atom. The summed E-state index contributed by atoms with van der Waals surface area (Å²) in [5.41, 5.74) is 3.60. The van der Waals surface area contributed by atoms with Crippen LogP contribution in [0.25, 0.3) is 0 Å². The monoisotopic (exact) mass is 334 g/mol. The maximum atomic E-state index is 12.1. The minimum Gasteiger partial charge on any atom is -0.320 e. The van der Waals surface area contributed by atoms with Crippen molar-refractivity contribution < 1.29 is 4.79 Å². The second kappa shape index (κ2) is 7.21. The van der Waals surface area contributed by atoms with Gasteiger partial charge in [0.1, 0.15) is 0 Å². The Balaban J connectivity index is 1.72. The van der Waals surface area contributed by atoms with Gasteiger partial charge in [0, 0.05) is 36.8 Å². The summed E-state index contributed by atoms with van der Waals surface area (Å²) in [5, 5.41) is 2.93. The van der Waals surface area contributed by atoms with E-state index in [1.54, 1.807) is 0 Å². The summed E-state index contributed by atoms with van der Waals surface area (Å²) in [6, 6.07) is 6.07. The smallest absolute Gasteiger partial charge is 0.277 e. The Hall–Kier alpha value is -1.44. The summed E-state index contributed by atoms with van der Waals surface area (Å²) in [6.07, 6.45) is 1.49. The highest BCUT2D eigenvalue weighted by atomic mass is 32.2. The topological polar surface area (TPSA) is 58.1 Å². The molecular formula is C15H18N4OS2. The quantitative estimate of drug-likeness (QED) is 0.931. The van der Waals surface area contributed by atoms with Gasteiger partial charge in [-0.25, -0.2) is 0 Å². The van der Waals surface area contributed by atoms with E-state index in [0.717, 1.165) is 42.6 Å². The number of carbonyl (C=O) groups excluding carboxylic acids is 1. The number of benzene rings is 1. The number of anilines is 1. The molecule has 7 heteroatoms. The summed E-state index contributed by atoms with van der Waals surface area (Å²) in [7, 11) is 0. The molecule has 2 heterocycles. The summed E-state index contributed by atoms with van der Waals surface area (Å²) < 4.78 is 7.83. The Morgan fingerprint density at radius 1 is 1.36 bits per heavy atom. The lowest BCUT2D eigenvalue weighted by Gasteiger charge is -2.27. The SMILES string of the molecule is Cc1c(CN2CCSCC2)cccc1NC(=O)c1cnsn1. The molecule has 0 spiro atoms. The van der Waals surface area contributed by atoms with Gasteiger partial charge >= 0.3 is 0 Å². The minimum absolute atomic E-state index is 0.205. The summed E-state index contributed by atoms with van der Waals surface area (Å²) in [4.78, 5) is 14.6. The zero-order valence-corrected chi connectivity index (χ0v) is 14.0. The highest BCUT2D eigenvalue weighted by Gasteiger charge is 2.15. The summed E-state index contributed by atoms with van der Waals surface area (Å²) >= 11 is 3.05. The predicted molar refractivity (Wildman–Crippen MR) is 91.6 cm³/mol. The van der Waals surface area contributed by atoms with Crippen LogP contribution < -0.4 is 5.32 Å². The van der Waals surface area contributed by atoms with Crippen molar-refractivity contribution in [1.29, 1.82) is 0 Å². The first kappa shape index (κ1) is 15.5. The number of carbonyl (C=O) groups is 1. The molecule has 1 aliphatic heterocycles. The van der Waals surface area contributed by atoms with Gasteiger partial charge in [-0.1, -0.05) is 12.1 Å². The van der Waals surface area contributed by atoms with Crippen molar-refractivity contribution >= 4 is 35.1 Å². The third-order valence-corrected chi connectivity index (χ3v) is 5.21. The molecule has 116 valence electrons. The fourth-order valence-electron chi connectivity index (χ4n) is 2.44. The van der Waals surface area contributed by atoms with Gasteiger partial charge in [0.15, 0.2) is 5.69 Å². The van der Waals surface area contributed by atoms with Crippen LogP contribution in [0.5, 0.6) is 0 Å². The molecule has 0 bridgehead atoms. The Bertz CT molecular complexity index is 639. The highest BCUT2D eigenvalue weighted by molar-refractivity contribution is 7.99. The molecule has 0 atom stereocenters. The van der Waals surface area contributed by atoms with Gasteiger partial charge in [0.05, 0.1) is 17.9 Å². The third-order valence-electron chi connectivity index (χ3n) is 3.79. The van der Waals surface area contributed by atoms with E-state index in [1.807, 2.05) is 23.9 Å². The minimum atomic E-state index is -0.205. The number of nitrogens with zero attached hydrogens (tertiary/aromatic N) is 3. The average molecular weight is 334 g/mol. The third kappa shape index (κ3) is 3.66. The van der Waals surface area contributed by atoms with E-state index < -0.39 is 0 Å². The molecule has 0 saturated carbocycles. The first-order chi connectivity index (χ1) is 10.7. The zero-order valence-electron chi connectivity index (χ0n) is 12.4. The number of nitrogens with one attached hydrogen (secondary N) is 1. The fraction of sp³-hybridized carbons (Fsp3) is 0.400. The van der Waals surface area contributed by atoms with Crippen LogP contribution in [-0.2, 0) is 6.54 Å².